The minimum atomic E-state index is -0.680. The molecule has 1 fully saturated rings. The van der Waals surface area contributed by atoms with Crippen molar-refractivity contribution in [1.29, 1.82) is 0 Å². The number of thioether (sulfide) groups is 1. The van der Waals surface area contributed by atoms with E-state index in [2.05, 4.69) is 10.3 Å². The largest absolute Gasteiger partial charge is 0.350 e. The number of nitrogens with one attached hydrogen (secondary N) is 1. The van der Waals surface area contributed by atoms with Gasteiger partial charge in [-0.05, 0) is 6.07 Å². The lowest BCUT2D eigenvalue weighted by Gasteiger charge is -2.13. The second-order valence-electron chi connectivity index (χ2n) is 3.85. The van der Waals surface area contributed by atoms with Crippen molar-refractivity contribution in [1.82, 2.24) is 15.2 Å². The number of nitrogens with zero attached hydrogens (tertiary/aromatic N) is 2. The minimum Gasteiger partial charge on any atom is -0.350 e. The van der Waals surface area contributed by atoms with Gasteiger partial charge in [-0.25, -0.2) is 9.37 Å². The van der Waals surface area contributed by atoms with Crippen molar-refractivity contribution >= 4 is 40.4 Å². The molecule has 1 saturated heterocycles. The van der Waals surface area contributed by atoms with E-state index < -0.39 is 11.7 Å². The van der Waals surface area contributed by atoms with E-state index in [0.29, 0.717) is 0 Å². The molecule has 1 N–H and O–H groups in total. The normalized spacial score (nSPS) is 14.8. The lowest BCUT2D eigenvalue weighted by molar-refractivity contribution is -0.124. The summed E-state index contributed by atoms with van der Waals surface area (Å²) in [5, 5.41) is 1.99. The third-order valence-corrected chi connectivity index (χ3v) is 3.67. The Labute approximate surface area is 122 Å². The molecule has 2 rings (SSSR count). The summed E-state index contributed by atoms with van der Waals surface area (Å²) in [6, 6.07) is 0.965. The molecule has 1 aromatic rings. The number of hydrogen-bond donors (Lipinski definition) is 1. The van der Waals surface area contributed by atoms with Crippen LogP contribution in [-0.2, 0) is 4.79 Å². The molecule has 0 saturated carbocycles. The number of imide groups is 1. The smallest absolute Gasteiger partial charge is 0.288 e. The first-order valence-corrected chi connectivity index (χ1v) is 6.92. The van der Waals surface area contributed by atoms with Crippen molar-refractivity contribution in [2.24, 2.45) is 0 Å². The zero-order chi connectivity index (χ0) is 14.7. The third-order valence-electron chi connectivity index (χ3n) is 2.51. The van der Waals surface area contributed by atoms with Gasteiger partial charge in [-0.3, -0.25) is 19.3 Å². The van der Waals surface area contributed by atoms with Crippen LogP contribution < -0.4 is 5.32 Å². The maximum Gasteiger partial charge on any atom is 0.288 e. The Kier molecular flexibility index (Phi) is 4.56. The molecule has 1 aromatic heterocycles. The van der Waals surface area contributed by atoms with Crippen LogP contribution in [0.2, 0.25) is 5.15 Å². The van der Waals surface area contributed by atoms with E-state index in [0.717, 1.165) is 28.9 Å². The van der Waals surface area contributed by atoms with Gasteiger partial charge in [-0.15, -0.1) is 0 Å². The number of hydrogen-bond acceptors (Lipinski definition) is 5. The van der Waals surface area contributed by atoms with Gasteiger partial charge >= 0.3 is 0 Å². The average Bonchev–Trinajstić information content (AvgIpc) is 2.73. The third kappa shape index (κ3) is 3.26. The van der Waals surface area contributed by atoms with Crippen LogP contribution in [0.15, 0.2) is 12.3 Å². The number of amides is 3. The Balaban J connectivity index is 1.91. The highest BCUT2D eigenvalue weighted by Crippen LogP contribution is 2.18. The number of carbonyl (C=O) groups is 3. The number of halogens is 2. The van der Waals surface area contributed by atoms with Crippen LogP contribution in [0.25, 0.3) is 0 Å². The molecule has 0 radical (unpaired) electrons. The Morgan fingerprint density at radius 2 is 2.30 bits per heavy atom. The van der Waals surface area contributed by atoms with Gasteiger partial charge in [-0.1, -0.05) is 23.4 Å². The predicted octanol–water partition coefficient (Wildman–Crippen LogP) is 1.30. The molecule has 20 heavy (non-hydrogen) atoms. The first-order valence-electron chi connectivity index (χ1n) is 5.55. The van der Waals surface area contributed by atoms with Gasteiger partial charge in [0.1, 0.15) is 11.0 Å². The lowest BCUT2D eigenvalue weighted by Crippen LogP contribution is -2.37. The molecule has 6 nitrogen and oxygen atoms in total. The summed E-state index contributed by atoms with van der Waals surface area (Å²) in [6.07, 6.45) is 0.901. The van der Waals surface area contributed by atoms with Crippen molar-refractivity contribution < 1.29 is 18.8 Å². The van der Waals surface area contributed by atoms with E-state index in [1.807, 2.05) is 0 Å². The number of rotatable bonds is 4. The SMILES string of the molecule is O=C(NCCN1C(=O)CSC1=O)c1cc(F)cnc1Cl. The summed E-state index contributed by atoms with van der Waals surface area (Å²) in [4.78, 5) is 39.0. The molecular formula is C11H9ClFN3O3S. The van der Waals surface area contributed by atoms with E-state index in [1.54, 1.807) is 0 Å². The summed E-state index contributed by atoms with van der Waals surface area (Å²) in [7, 11) is 0. The monoisotopic (exact) mass is 317 g/mol. The van der Waals surface area contributed by atoms with Gasteiger partial charge in [0, 0.05) is 13.1 Å². The molecule has 3 amide bonds. The predicted molar refractivity (Wildman–Crippen MR) is 71.1 cm³/mol. The average molecular weight is 318 g/mol. The van der Waals surface area contributed by atoms with Crippen LogP contribution in [0.4, 0.5) is 9.18 Å². The van der Waals surface area contributed by atoms with E-state index in [-0.39, 0.29) is 40.7 Å². The van der Waals surface area contributed by atoms with Crippen LogP contribution in [0.3, 0.4) is 0 Å². The maximum absolute atomic E-state index is 13.0. The first kappa shape index (κ1) is 14.7. The summed E-state index contributed by atoms with van der Waals surface area (Å²) in [5.74, 6) is -1.47. The zero-order valence-corrected chi connectivity index (χ0v) is 11.6. The van der Waals surface area contributed by atoms with E-state index >= 15 is 0 Å². The van der Waals surface area contributed by atoms with Crippen molar-refractivity contribution in [3.05, 3.63) is 28.8 Å². The molecule has 1 aliphatic heterocycles. The van der Waals surface area contributed by atoms with Crippen molar-refractivity contribution in [2.45, 2.75) is 0 Å². The van der Waals surface area contributed by atoms with Gasteiger partial charge in [-0.2, -0.15) is 0 Å². The Bertz CT molecular complexity index is 568. The fourth-order valence-electron chi connectivity index (χ4n) is 1.56. The van der Waals surface area contributed by atoms with Gasteiger partial charge in [0.15, 0.2) is 0 Å². The number of pyridine rings is 1. The standard InChI is InChI=1S/C11H9ClFN3O3S/c12-9-7(3-6(13)4-15-9)10(18)14-1-2-16-8(17)5-20-11(16)19/h3-4H,1-2,5H2,(H,14,18). The summed E-state index contributed by atoms with van der Waals surface area (Å²) >= 11 is 6.60. The second kappa shape index (κ2) is 6.19. The summed E-state index contributed by atoms with van der Waals surface area (Å²) in [6.45, 7) is 0.125. The number of aromatic nitrogens is 1. The van der Waals surface area contributed by atoms with Crippen LogP contribution >= 0.6 is 23.4 Å². The molecule has 1 aliphatic rings. The fraction of sp³-hybridized carbons (Fsp3) is 0.273. The molecule has 9 heteroatoms. The van der Waals surface area contributed by atoms with Crippen LogP contribution in [-0.4, -0.2) is 45.8 Å². The molecule has 0 aliphatic carbocycles. The molecule has 0 aromatic carbocycles. The van der Waals surface area contributed by atoms with Crippen molar-refractivity contribution in [3.8, 4) is 0 Å². The molecule has 106 valence electrons. The van der Waals surface area contributed by atoms with Gasteiger partial charge < -0.3 is 5.32 Å². The zero-order valence-electron chi connectivity index (χ0n) is 10.1. The Morgan fingerprint density at radius 1 is 1.55 bits per heavy atom. The lowest BCUT2D eigenvalue weighted by atomic mass is 10.2. The molecule has 0 spiro atoms. The number of carbonyl (C=O) groups excluding carboxylic acids is 3. The highest BCUT2D eigenvalue weighted by Gasteiger charge is 2.29. The molecule has 2 heterocycles. The quantitative estimate of drug-likeness (QED) is 0.847. The van der Waals surface area contributed by atoms with Gasteiger partial charge in [0.05, 0.1) is 17.5 Å². The molecule has 0 bridgehead atoms. The minimum absolute atomic E-state index is 0.0592. The topological polar surface area (TPSA) is 79.4 Å². The molecule has 0 atom stereocenters. The Morgan fingerprint density at radius 3 is 2.95 bits per heavy atom. The van der Waals surface area contributed by atoms with E-state index in [9.17, 15) is 18.8 Å². The highest BCUT2D eigenvalue weighted by molar-refractivity contribution is 8.14. The maximum atomic E-state index is 13.0. The highest BCUT2D eigenvalue weighted by atomic mass is 35.5. The van der Waals surface area contributed by atoms with E-state index in [1.165, 1.54) is 0 Å². The van der Waals surface area contributed by atoms with Gasteiger partial charge in [0.2, 0.25) is 5.91 Å². The Hall–Kier alpha value is -1.67. The van der Waals surface area contributed by atoms with Crippen LogP contribution in [0.1, 0.15) is 10.4 Å². The first-order chi connectivity index (χ1) is 9.49. The summed E-state index contributed by atoms with van der Waals surface area (Å²) < 4.78 is 13.0. The molecule has 0 unspecified atom stereocenters. The van der Waals surface area contributed by atoms with Crippen molar-refractivity contribution in [3.63, 3.8) is 0 Å². The van der Waals surface area contributed by atoms with E-state index in [4.69, 9.17) is 11.6 Å². The second-order valence-corrected chi connectivity index (χ2v) is 5.13. The summed E-state index contributed by atoms with van der Waals surface area (Å²) in [5.41, 5.74) is -0.0971. The van der Waals surface area contributed by atoms with Gasteiger partial charge in [0.25, 0.3) is 11.1 Å². The van der Waals surface area contributed by atoms with Crippen molar-refractivity contribution in [2.75, 3.05) is 18.8 Å². The van der Waals surface area contributed by atoms with Crippen LogP contribution in [0.5, 0.6) is 0 Å². The molecular weight excluding hydrogens is 309 g/mol. The fourth-order valence-corrected chi connectivity index (χ4v) is 2.50. The van der Waals surface area contributed by atoms with Crippen LogP contribution in [0, 0.1) is 5.82 Å².